The Morgan fingerprint density at radius 3 is 2.50 bits per heavy atom. The van der Waals surface area contributed by atoms with Crippen molar-refractivity contribution < 1.29 is 18.3 Å². The molecule has 0 amide bonds. The summed E-state index contributed by atoms with van der Waals surface area (Å²) in [6, 6.07) is 6.94. The zero-order valence-corrected chi connectivity index (χ0v) is 22.5. The minimum absolute atomic E-state index is 0.00382. The summed E-state index contributed by atoms with van der Waals surface area (Å²) >= 11 is 0. The number of nitrogens with two attached hydrogens (primary N) is 1. The summed E-state index contributed by atoms with van der Waals surface area (Å²) in [6.07, 6.45) is 8.29. The van der Waals surface area contributed by atoms with E-state index in [1.165, 1.54) is 10.6 Å². The second-order valence-corrected chi connectivity index (χ2v) is 11.6. The van der Waals surface area contributed by atoms with Crippen LogP contribution >= 0.6 is 0 Å². The van der Waals surface area contributed by atoms with Gasteiger partial charge in [-0.25, -0.2) is 18.2 Å². The molecule has 3 aromatic heterocycles. The van der Waals surface area contributed by atoms with Gasteiger partial charge in [-0.2, -0.15) is 9.61 Å². The Morgan fingerprint density at radius 2 is 1.80 bits per heavy atom. The number of hydrogen-bond donors (Lipinski definition) is 3. The van der Waals surface area contributed by atoms with Crippen molar-refractivity contribution in [2.24, 2.45) is 11.7 Å². The zero-order valence-electron chi connectivity index (χ0n) is 22.5. The number of aliphatic hydroxyl groups is 1. The number of halogens is 3. The van der Waals surface area contributed by atoms with Crippen LogP contribution in [0.5, 0.6) is 0 Å². The van der Waals surface area contributed by atoms with E-state index >= 15 is 13.2 Å². The van der Waals surface area contributed by atoms with Crippen molar-refractivity contribution in [1.29, 1.82) is 0 Å². The summed E-state index contributed by atoms with van der Waals surface area (Å²) in [5.41, 5.74) is 5.81. The molecule has 0 aliphatic heterocycles. The number of aromatic nitrogens is 4. The van der Waals surface area contributed by atoms with Gasteiger partial charge in [0.1, 0.15) is 17.3 Å². The third kappa shape index (κ3) is 4.53. The van der Waals surface area contributed by atoms with Crippen LogP contribution < -0.4 is 11.1 Å². The van der Waals surface area contributed by atoms with Crippen molar-refractivity contribution >= 4 is 17.2 Å². The predicted octanol–water partition coefficient (Wildman–Crippen LogP) is 6.14. The fraction of sp³-hybridized carbons (Fsp3) is 0.433. The van der Waals surface area contributed by atoms with Crippen LogP contribution in [0.15, 0.2) is 48.9 Å². The van der Waals surface area contributed by atoms with Gasteiger partial charge in [-0.3, -0.25) is 4.98 Å². The van der Waals surface area contributed by atoms with Gasteiger partial charge in [0.25, 0.3) is 0 Å². The highest BCUT2D eigenvalue weighted by Gasteiger charge is 2.42. The van der Waals surface area contributed by atoms with Gasteiger partial charge in [0.2, 0.25) is 5.95 Å². The number of fused-ring (bicyclic) bond motifs is 1. The highest BCUT2D eigenvalue weighted by Crippen LogP contribution is 2.45. The van der Waals surface area contributed by atoms with E-state index in [2.05, 4.69) is 20.4 Å². The molecule has 7 nitrogen and oxygen atoms in total. The number of nitrogens with one attached hydrogen (secondary N) is 1. The Kier molecular flexibility index (Phi) is 6.58. The molecule has 0 bridgehead atoms. The molecule has 0 radical (unpaired) electrons. The van der Waals surface area contributed by atoms with E-state index in [4.69, 9.17) is 5.73 Å². The van der Waals surface area contributed by atoms with E-state index in [9.17, 15) is 5.11 Å². The maximum atomic E-state index is 15.2. The number of anilines is 2. The summed E-state index contributed by atoms with van der Waals surface area (Å²) in [7, 11) is 0. The molecule has 3 heterocycles. The van der Waals surface area contributed by atoms with Crippen molar-refractivity contribution in [2.45, 2.75) is 75.6 Å². The minimum Gasteiger partial charge on any atom is -0.388 e. The molecule has 2 aliphatic carbocycles. The largest absolute Gasteiger partial charge is 0.388 e. The average molecular weight is 551 g/mol. The topological polar surface area (TPSA) is 101 Å². The molecule has 4 aromatic rings. The minimum atomic E-state index is -1.70. The van der Waals surface area contributed by atoms with Crippen LogP contribution in [-0.4, -0.2) is 36.3 Å². The molecule has 0 saturated heterocycles. The molecule has 40 heavy (non-hydrogen) atoms. The lowest BCUT2D eigenvalue weighted by Crippen LogP contribution is -2.54. The standard InChI is InChI=1S/C30H33F3N6O/c1-17-11-18(12-26(34)29(17,2)40)21-7-10-35-16-25(21)37-28-36-15-20-5-6-24(38-39(20)28)27-22(31)13-19(14-23(27)32)30(33)8-3-4-9-30/h5-7,10,13-18,26,40H,3-4,8-9,11-12,34H2,1-2H3,(H,36,37)/t17-,18+,26+,29+/m0/s1. The number of alkyl halides is 1. The summed E-state index contributed by atoms with van der Waals surface area (Å²) in [4.78, 5) is 8.72. The van der Waals surface area contributed by atoms with Crippen LogP contribution in [0.2, 0.25) is 0 Å². The summed E-state index contributed by atoms with van der Waals surface area (Å²) in [5.74, 6) is -1.28. The Morgan fingerprint density at radius 1 is 1.07 bits per heavy atom. The van der Waals surface area contributed by atoms with Gasteiger partial charge < -0.3 is 16.2 Å². The lowest BCUT2D eigenvalue weighted by molar-refractivity contribution is -0.0463. The van der Waals surface area contributed by atoms with Crippen molar-refractivity contribution in [3.05, 3.63) is 71.7 Å². The van der Waals surface area contributed by atoms with E-state index in [1.807, 2.05) is 13.0 Å². The zero-order chi connectivity index (χ0) is 28.2. The molecule has 0 unspecified atom stereocenters. The molecule has 10 heteroatoms. The third-order valence-electron chi connectivity index (χ3n) is 9.06. The predicted molar refractivity (Wildman–Crippen MR) is 147 cm³/mol. The first-order valence-electron chi connectivity index (χ1n) is 13.8. The first-order chi connectivity index (χ1) is 19.1. The molecular weight excluding hydrogens is 517 g/mol. The van der Waals surface area contributed by atoms with Crippen molar-refractivity contribution in [1.82, 2.24) is 19.6 Å². The molecule has 2 saturated carbocycles. The lowest BCUT2D eigenvalue weighted by Gasteiger charge is -2.44. The van der Waals surface area contributed by atoms with E-state index in [-0.39, 0.29) is 47.5 Å². The summed E-state index contributed by atoms with van der Waals surface area (Å²) in [5, 5.41) is 18.6. The molecule has 6 rings (SSSR count). The molecule has 4 N–H and O–H groups in total. The molecule has 210 valence electrons. The van der Waals surface area contributed by atoms with Crippen LogP contribution in [0.3, 0.4) is 0 Å². The fourth-order valence-electron chi connectivity index (χ4n) is 6.31. The number of pyridine rings is 1. The number of rotatable bonds is 5. The van der Waals surface area contributed by atoms with Gasteiger partial charge in [-0.1, -0.05) is 6.92 Å². The number of nitrogens with zero attached hydrogens (tertiary/aromatic N) is 4. The van der Waals surface area contributed by atoms with Crippen LogP contribution in [0.4, 0.5) is 24.8 Å². The van der Waals surface area contributed by atoms with Crippen LogP contribution in [0, 0.1) is 17.6 Å². The average Bonchev–Trinajstić information content (AvgIpc) is 3.54. The van der Waals surface area contributed by atoms with Gasteiger partial charge in [-0.05, 0) is 98.7 Å². The third-order valence-corrected chi connectivity index (χ3v) is 9.06. The Hall–Kier alpha value is -3.50. The van der Waals surface area contributed by atoms with E-state index in [1.54, 1.807) is 31.6 Å². The second-order valence-electron chi connectivity index (χ2n) is 11.6. The van der Waals surface area contributed by atoms with Crippen molar-refractivity contribution in [2.75, 3.05) is 5.32 Å². The molecule has 4 atom stereocenters. The van der Waals surface area contributed by atoms with E-state index in [0.717, 1.165) is 24.1 Å². The van der Waals surface area contributed by atoms with Gasteiger partial charge in [0.15, 0.2) is 0 Å². The van der Waals surface area contributed by atoms with Crippen LogP contribution in [0.25, 0.3) is 16.8 Å². The SMILES string of the molecule is C[C@H]1C[C@@H](c2ccncc2Nc2ncc3ccc(-c4c(F)cc(C5(F)CCCC5)cc4F)nn23)C[C@@H](N)[C@]1(C)O. The molecular formula is C30H33F3N6O. The maximum absolute atomic E-state index is 15.2. The Bertz CT molecular complexity index is 1530. The van der Waals surface area contributed by atoms with Crippen molar-refractivity contribution in [3.63, 3.8) is 0 Å². The Labute approximate surface area is 230 Å². The summed E-state index contributed by atoms with van der Waals surface area (Å²) < 4.78 is 47.2. The van der Waals surface area contributed by atoms with Gasteiger partial charge in [0.05, 0.1) is 40.5 Å². The summed E-state index contributed by atoms with van der Waals surface area (Å²) in [6.45, 7) is 3.79. The van der Waals surface area contributed by atoms with Gasteiger partial charge >= 0.3 is 0 Å². The highest BCUT2D eigenvalue weighted by molar-refractivity contribution is 5.66. The van der Waals surface area contributed by atoms with Gasteiger partial charge in [0, 0.05) is 12.2 Å². The lowest BCUT2D eigenvalue weighted by atomic mass is 9.68. The number of hydrogen-bond acceptors (Lipinski definition) is 6. The first kappa shape index (κ1) is 26.7. The van der Waals surface area contributed by atoms with E-state index < -0.39 is 22.9 Å². The molecule has 1 aromatic carbocycles. The second kappa shape index (κ2) is 9.85. The first-order valence-corrected chi connectivity index (χ1v) is 13.8. The monoisotopic (exact) mass is 550 g/mol. The quantitative estimate of drug-likeness (QED) is 0.276. The maximum Gasteiger partial charge on any atom is 0.229 e. The smallest absolute Gasteiger partial charge is 0.229 e. The van der Waals surface area contributed by atoms with Gasteiger partial charge in [-0.15, -0.1) is 0 Å². The van der Waals surface area contributed by atoms with Crippen molar-refractivity contribution in [3.8, 4) is 11.3 Å². The molecule has 2 fully saturated rings. The van der Waals surface area contributed by atoms with Crippen LogP contribution in [-0.2, 0) is 5.67 Å². The molecule has 2 aliphatic rings. The number of imidazole rings is 1. The van der Waals surface area contributed by atoms with Crippen LogP contribution in [0.1, 0.15) is 69.4 Å². The normalized spacial score (nSPS) is 26.3. The Balaban J connectivity index is 1.33. The van der Waals surface area contributed by atoms with E-state index in [0.29, 0.717) is 36.4 Å². The fourth-order valence-corrected chi connectivity index (χ4v) is 6.31. The molecule has 0 spiro atoms. The number of benzene rings is 1. The highest BCUT2D eigenvalue weighted by atomic mass is 19.1.